The fraction of sp³-hybridized carbons (Fsp3) is 0.318. The lowest BCUT2D eigenvalue weighted by Crippen LogP contribution is -2.23. The minimum Gasteiger partial charge on any atom is -0.325 e. The van der Waals surface area contributed by atoms with Gasteiger partial charge >= 0.3 is 5.69 Å². The number of nitrogens with zero attached hydrogens (tertiary/aromatic N) is 6. The standard InChI is InChI=1S/C22H25N7O2S/c1-4-27-17-8-7-16(13-18(17)28(5-2)22(27)31)24-19(30)14-32-21-26-25-20(29(21)6-3)15-9-11-23-12-10-15/h7-13H,4-6,14H2,1-3H3,(H,24,30). The molecule has 1 aromatic carbocycles. The molecular weight excluding hydrogens is 426 g/mol. The molecule has 0 bridgehead atoms. The molecule has 0 fully saturated rings. The molecule has 4 aromatic rings. The van der Waals surface area contributed by atoms with Crippen LogP contribution in [0.2, 0.25) is 0 Å². The van der Waals surface area contributed by atoms with Gasteiger partial charge in [-0.1, -0.05) is 11.8 Å². The van der Waals surface area contributed by atoms with E-state index in [1.807, 2.05) is 55.7 Å². The van der Waals surface area contributed by atoms with Crippen molar-refractivity contribution >= 4 is 34.4 Å². The lowest BCUT2D eigenvalue weighted by atomic mass is 10.2. The topological polar surface area (TPSA) is 99.6 Å². The third-order valence-electron chi connectivity index (χ3n) is 5.24. The number of benzene rings is 1. The molecule has 4 rings (SSSR count). The van der Waals surface area contributed by atoms with E-state index >= 15 is 0 Å². The van der Waals surface area contributed by atoms with Gasteiger partial charge in [0, 0.05) is 43.3 Å². The molecule has 0 saturated heterocycles. The van der Waals surface area contributed by atoms with E-state index in [4.69, 9.17) is 0 Å². The average molecular weight is 452 g/mol. The van der Waals surface area contributed by atoms with Crippen molar-refractivity contribution in [1.82, 2.24) is 28.9 Å². The zero-order chi connectivity index (χ0) is 22.7. The number of hydrogen-bond donors (Lipinski definition) is 1. The second-order valence-electron chi connectivity index (χ2n) is 7.10. The zero-order valence-electron chi connectivity index (χ0n) is 18.3. The van der Waals surface area contributed by atoms with Crippen molar-refractivity contribution in [2.24, 2.45) is 0 Å². The lowest BCUT2D eigenvalue weighted by Gasteiger charge is -2.08. The Labute approximate surface area is 189 Å². The largest absolute Gasteiger partial charge is 0.329 e. The molecule has 0 aliphatic heterocycles. The first kappa shape index (κ1) is 21.8. The van der Waals surface area contributed by atoms with E-state index in [9.17, 15) is 9.59 Å². The van der Waals surface area contributed by atoms with Crippen molar-refractivity contribution in [1.29, 1.82) is 0 Å². The molecule has 0 saturated carbocycles. The fourth-order valence-corrected chi connectivity index (χ4v) is 4.53. The normalized spacial score (nSPS) is 11.2. The summed E-state index contributed by atoms with van der Waals surface area (Å²) in [7, 11) is 0. The molecule has 3 aromatic heterocycles. The Kier molecular flexibility index (Phi) is 6.40. The quantitative estimate of drug-likeness (QED) is 0.413. The van der Waals surface area contributed by atoms with Gasteiger partial charge in [0.1, 0.15) is 0 Å². The van der Waals surface area contributed by atoms with Crippen LogP contribution < -0.4 is 11.0 Å². The van der Waals surface area contributed by atoms with Crippen LogP contribution in [0.5, 0.6) is 0 Å². The van der Waals surface area contributed by atoms with Crippen LogP contribution in [0.15, 0.2) is 52.7 Å². The Balaban J connectivity index is 1.49. The van der Waals surface area contributed by atoms with Gasteiger partial charge in [-0.2, -0.15) is 0 Å². The highest BCUT2D eigenvalue weighted by molar-refractivity contribution is 7.99. The molecule has 9 nitrogen and oxygen atoms in total. The number of carbonyl (C=O) groups is 1. The summed E-state index contributed by atoms with van der Waals surface area (Å²) in [6.07, 6.45) is 3.43. The SMILES string of the molecule is CCn1c(SCC(=O)Nc2ccc3c(c2)n(CC)c(=O)n3CC)nnc1-c1ccncc1. The van der Waals surface area contributed by atoms with Crippen molar-refractivity contribution in [3.8, 4) is 11.4 Å². The molecule has 10 heteroatoms. The molecule has 0 spiro atoms. The number of hydrogen-bond acceptors (Lipinski definition) is 6. The van der Waals surface area contributed by atoms with E-state index in [1.165, 1.54) is 11.8 Å². The summed E-state index contributed by atoms with van der Waals surface area (Å²) in [5.41, 5.74) is 3.24. The van der Waals surface area contributed by atoms with Gasteiger partial charge in [-0.25, -0.2) is 4.79 Å². The number of rotatable bonds is 8. The van der Waals surface area contributed by atoms with Crippen LogP contribution in [0, 0.1) is 0 Å². The van der Waals surface area contributed by atoms with Gasteiger partial charge in [-0.15, -0.1) is 10.2 Å². The number of nitrogens with one attached hydrogen (secondary N) is 1. The predicted octanol–water partition coefficient (Wildman–Crippen LogP) is 3.25. The minimum absolute atomic E-state index is 0.0343. The molecule has 32 heavy (non-hydrogen) atoms. The molecule has 0 aliphatic rings. The molecule has 1 N–H and O–H groups in total. The van der Waals surface area contributed by atoms with Crippen LogP contribution in [0.25, 0.3) is 22.4 Å². The summed E-state index contributed by atoms with van der Waals surface area (Å²) in [4.78, 5) is 29.2. The Hall–Kier alpha value is -3.40. The van der Waals surface area contributed by atoms with Crippen LogP contribution in [0.4, 0.5) is 5.69 Å². The number of imidazole rings is 1. The number of thioether (sulfide) groups is 1. The maximum Gasteiger partial charge on any atom is 0.329 e. The highest BCUT2D eigenvalue weighted by Crippen LogP contribution is 2.24. The first-order chi connectivity index (χ1) is 15.6. The maximum absolute atomic E-state index is 12.6. The summed E-state index contributed by atoms with van der Waals surface area (Å²) in [5, 5.41) is 12.2. The van der Waals surface area contributed by atoms with Gasteiger partial charge in [-0.3, -0.25) is 18.9 Å². The Morgan fingerprint density at radius 3 is 2.31 bits per heavy atom. The zero-order valence-corrected chi connectivity index (χ0v) is 19.1. The third kappa shape index (κ3) is 4.05. The monoisotopic (exact) mass is 451 g/mol. The van der Waals surface area contributed by atoms with Crippen LogP contribution in [0.3, 0.4) is 0 Å². The van der Waals surface area contributed by atoms with Gasteiger partial charge in [0.2, 0.25) is 5.91 Å². The van der Waals surface area contributed by atoms with Crippen LogP contribution in [0.1, 0.15) is 20.8 Å². The minimum atomic E-state index is -0.147. The second-order valence-corrected chi connectivity index (χ2v) is 8.04. The van der Waals surface area contributed by atoms with E-state index in [2.05, 4.69) is 20.5 Å². The highest BCUT2D eigenvalue weighted by Gasteiger charge is 2.16. The van der Waals surface area contributed by atoms with Gasteiger partial charge in [0.15, 0.2) is 11.0 Å². The van der Waals surface area contributed by atoms with Crippen LogP contribution in [-0.2, 0) is 24.4 Å². The summed E-state index contributed by atoms with van der Waals surface area (Å²) in [6.45, 7) is 7.76. The van der Waals surface area contributed by atoms with E-state index in [-0.39, 0.29) is 17.3 Å². The van der Waals surface area contributed by atoms with Crippen molar-refractivity contribution in [3.63, 3.8) is 0 Å². The number of aryl methyl sites for hydroxylation is 2. The molecular formula is C22H25N7O2S. The predicted molar refractivity (Wildman–Crippen MR) is 126 cm³/mol. The summed E-state index contributed by atoms with van der Waals surface area (Å²) in [5.74, 6) is 0.801. The summed E-state index contributed by atoms with van der Waals surface area (Å²) < 4.78 is 5.43. The molecule has 166 valence electrons. The number of carbonyl (C=O) groups excluding carboxylic acids is 1. The molecule has 0 radical (unpaired) electrons. The maximum atomic E-state index is 12.6. The third-order valence-corrected chi connectivity index (χ3v) is 6.21. The second kappa shape index (κ2) is 9.39. The molecule has 1 amide bonds. The molecule has 0 aliphatic carbocycles. The Bertz CT molecular complexity index is 1310. The fourth-order valence-electron chi connectivity index (χ4n) is 3.73. The van der Waals surface area contributed by atoms with E-state index in [1.54, 1.807) is 21.5 Å². The smallest absolute Gasteiger partial charge is 0.325 e. The number of fused-ring (bicyclic) bond motifs is 1. The van der Waals surface area contributed by atoms with E-state index in [0.717, 1.165) is 22.4 Å². The van der Waals surface area contributed by atoms with Crippen LogP contribution >= 0.6 is 11.8 Å². The first-order valence-corrected chi connectivity index (χ1v) is 11.5. The lowest BCUT2D eigenvalue weighted by molar-refractivity contribution is -0.113. The summed E-state index contributed by atoms with van der Waals surface area (Å²) >= 11 is 1.34. The number of pyridine rings is 1. The molecule has 3 heterocycles. The number of anilines is 1. The number of amides is 1. The first-order valence-electron chi connectivity index (χ1n) is 10.6. The van der Waals surface area contributed by atoms with Crippen molar-refractivity contribution in [3.05, 3.63) is 53.2 Å². The average Bonchev–Trinajstić information content (AvgIpc) is 3.35. The van der Waals surface area contributed by atoms with E-state index < -0.39 is 0 Å². The molecule has 0 unspecified atom stereocenters. The Morgan fingerprint density at radius 2 is 1.62 bits per heavy atom. The van der Waals surface area contributed by atoms with Crippen molar-refractivity contribution < 1.29 is 4.79 Å². The van der Waals surface area contributed by atoms with Gasteiger partial charge < -0.3 is 9.88 Å². The molecule has 0 atom stereocenters. The van der Waals surface area contributed by atoms with Gasteiger partial charge in [0.25, 0.3) is 0 Å². The number of aromatic nitrogens is 6. The van der Waals surface area contributed by atoms with Crippen molar-refractivity contribution in [2.45, 2.75) is 45.6 Å². The highest BCUT2D eigenvalue weighted by atomic mass is 32.2. The Morgan fingerprint density at radius 1 is 0.938 bits per heavy atom. The van der Waals surface area contributed by atoms with E-state index in [0.29, 0.717) is 30.5 Å². The van der Waals surface area contributed by atoms with Gasteiger partial charge in [0.05, 0.1) is 16.8 Å². The van der Waals surface area contributed by atoms with Gasteiger partial charge in [-0.05, 0) is 51.1 Å². The van der Waals surface area contributed by atoms with Crippen molar-refractivity contribution in [2.75, 3.05) is 11.1 Å². The summed E-state index contributed by atoms with van der Waals surface area (Å²) in [6, 6.07) is 9.33. The van der Waals surface area contributed by atoms with Crippen LogP contribution in [-0.4, -0.2) is 40.5 Å².